The smallest absolute Gasteiger partial charge is 0.345 e. The Balaban J connectivity index is 2.35. The summed E-state index contributed by atoms with van der Waals surface area (Å²) in [6.45, 7) is 0. The summed E-state index contributed by atoms with van der Waals surface area (Å²) in [6, 6.07) is 13.8. The summed E-state index contributed by atoms with van der Waals surface area (Å²) in [5.74, 6) is 0.133. The molecule has 0 amide bonds. The van der Waals surface area contributed by atoms with Crippen LogP contribution in [0.25, 0.3) is 10.8 Å². The van der Waals surface area contributed by atoms with E-state index in [1.807, 2.05) is 0 Å². The molecule has 3 rings (SSSR count). The zero-order valence-corrected chi connectivity index (χ0v) is 18.2. The molecule has 0 bridgehead atoms. The van der Waals surface area contributed by atoms with Crippen LogP contribution in [0.15, 0.2) is 59.5 Å². The van der Waals surface area contributed by atoms with Crippen molar-refractivity contribution in [1.29, 1.82) is 0 Å². The van der Waals surface area contributed by atoms with Gasteiger partial charge in [0.15, 0.2) is 0 Å². The van der Waals surface area contributed by atoms with Gasteiger partial charge in [-0.25, -0.2) is 12.7 Å². The molecule has 0 radical (unpaired) electrons. The van der Waals surface area contributed by atoms with E-state index in [0.29, 0.717) is 15.1 Å². The maximum absolute atomic E-state index is 13.4. The molecule has 0 heterocycles. The number of hydrogen-bond donors (Lipinski definition) is 2. The third-order valence-corrected chi connectivity index (χ3v) is 7.07. The molecule has 0 aromatic heterocycles. The van der Waals surface area contributed by atoms with Crippen LogP contribution in [0.1, 0.15) is 0 Å². The molecule has 0 aliphatic carbocycles. The maximum Gasteiger partial charge on any atom is 0.345 e. The Morgan fingerprint density at radius 1 is 1.03 bits per heavy atom. The number of anilines is 1. The molecule has 3 aromatic rings. The van der Waals surface area contributed by atoms with E-state index < -0.39 is 23.9 Å². The van der Waals surface area contributed by atoms with Crippen LogP contribution in [-0.4, -0.2) is 31.6 Å². The van der Waals surface area contributed by atoms with Gasteiger partial charge in [-0.05, 0) is 29.7 Å². The molecule has 154 valence electrons. The van der Waals surface area contributed by atoms with Crippen LogP contribution in [0.5, 0.6) is 5.75 Å². The summed E-state index contributed by atoms with van der Waals surface area (Å²) in [7, 11) is -7.94. The third kappa shape index (κ3) is 4.69. The SMILES string of the molecule is COc1ccc2ccccc2c1N(CP(=O)(O)O)S(=O)(=O)c1cc(Cl)cc(Cl)c1. The molecule has 11 heteroatoms. The first-order chi connectivity index (χ1) is 13.5. The summed E-state index contributed by atoms with van der Waals surface area (Å²) in [5.41, 5.74) is 0.00465. The molecule has 0 atom stereocenters. The standard InChI is InChI=1S/C18H16Cl2NO6PS/c1-27-17-7-6-12-4-2-3-5-16(12)18(17)21(11-28(22,23)24)29(25,26)15-9-13(19)8-14(20)10-15/h2-10H,11H2,1H3,(H2,22,23,24). The summed E-state index contributed by atoms with van der Waals surface area (Å²) in [5, 5.41) is 1.24. The number of sulfonamides is 1. The van der Waals surface area contributed by atoms with Gasteiger partial charge in [0.25, 0.3) is 10.0 Å². The first-order valence-electron chi connectivity index (χ1n) is 8.12. The number of halogens is 2. The van der Waals surface area contributed by atoms with Gasteiger partial charge in [0, 0.05) is 15.4 Å². The number of hydrogen-bond acceptors (Lipinski definition) is 4. The molecule has 0 spiro atoms. The van der Waals surface area contributed by atoms with Crippen LogP contribution in [0, 0.1) is 0 Å². The molecule has 7 nitrogen and oxygen atoms in total. The Hall–Kier alpha value is -1.80. The highest BCUT2D eigenvalue weighted by molar-refractivity contribution is 7.93. The Kier molecular flexibility index (Phi) is 6.15. The topological polar surface area (TPSA) is 104 Å². The number of ether oxygens (including phenoxy) is 1. The minimum Gasteiger partial charge on any atom is -0.495 e. The van der Waals surface area contributed by atoms with Crippen molar-refractivity contribution in [3.8, 4) is 5.75 Å². The summed E-state index contributed by atoms with van der Waals surface area (Å²) in [6.07, 6.45) is -1.09. The van der Waals surface area contributed by atoms with Crippen molar-refractivity contribution in [2.75, 3.05) is 17.7 Å². The quantitative estimate of drug-likeness (QED) is 0.509. The second-order valence-corrected chi connectivity index (χ2v) is 10.4. The van der Waals surface area contributed by atoms with Crippen molar-refractivity contribution in [2.24, 2.45) is 0 Å². The molecule has 0 unspecified atom stereocenters. The highest BCUT2D eigenvalue weighted by atomic mass is 35.5. The number of benzene rings is 3. The van der Waals surface area contributed by atoms with Gasteiger partial charge in [0.2, 0.25) is 0 Å². The van der Waals surface area contributed by atoms with Gasteiger partial charge in [0.05, 0.1) is 12.0 Å². The lowest BCUT2D eigenvalue weighted by Gasteiger charge is -2.27. The van der Waals surface area contributed by atoms with Crippen molar-refractivity contribution in [3.05, 3.63) is 64.6 Å². The molecule has 29 heavy (non-hydrogen) atoms. The van der Waals surface area contributed by atoms with Crippen LogP contribution in [0.2, 0.25) is 10.0 Å². The van der Waals surface area contributed by atoms with Gasteiger partial charge in [-0.2, -0.15) is 0 Å². The highest BCUT2D eigenvalue weighted by Gasteiger charge is 2.34. The number of fused-ring (bicyclic) bond motifs is 1. The highest BCUT2D eigenvalue weighted by Crippen LogP contribution is 2.45. The Morgan fingerprint density at radius 2 is 1.66 bits per heavy atom. The van der Waals surface area contributed by atoms with Gasteiger partial charge >= 0.3 is 7.60 Å². The number of methoxy groups -OCH3 is 1. The lowest BCUT2D eigenvalue weighted by atomic mass is 10.1. The fraction of sp³-hybridized carbons (Fsp3) is 0.111. The molecule has 2 N–H and O–H groups in total. The molecule has 0 aliphatic heterocycles. The van der Waals surface area contributed by atoms with E-state index in [4.69, 9.17) is 27.9 Å². The van der Waals surface area contributed by atoms with E-state index in [9.17, 15) is 22.8 Å². The zero-order chi connectivity index (χ0) is 21.4. The largest absolute Gasteiger partial charge is 0.495 e. The van der Waals surface area contributed by atoms with Crippen molar-refractivity contribution in [2.45, 2.75) is 4.90 Å². The minimum atomic E-state index is -4.81. The van der Waals surface area contributed by atoms with Crippen molar-refractivity contribution in [3.63, 3.8) is 0 Å². The van der Waals surface area contributed by atoms with Crippen molar-refractivity contribution >= 4 is 57.3 Å². The monoisotopic (exact) mass is 475 g/mol. The maximum atomic E-state index is 13.4. The van der Waals surface area contributed by atoms with E-state index >= 15 is 0 Å². The first kappa shape index (κ1) is 21.9. The fourth-order valence-electron chi connectivity index (χ4n) is 2.90. The van der Waals surface area contributed by atoms with E-state index in [1.54, 1.807) is 30.3 Å². The zero-order valence-electron chi connectivity index (χ0n) is 15.0. The number of rotatable bonds is 6. The van der Waals surface area contributed by atoms with E-state index in [0.717, 1.165) is 12.1 Å². The van der Waals surface area contributed by atoms with Crippen LogP contribution in [0.4, 0.5) is 5.69 Å². The number of nitrogens with zero attached hydrogens (tertiary/aromatic N) is 1. The van der Waals surface area contributed by atoms with E-state index in [2.05, 4.69) is 0 Å². The predicted octanol–water partition coefficient (Wildman–Crippen LogP) is 4.49. The normalized spacial score (nSPS) is 12.2. The third-order valence-electron chi connectivity index (χ3n) is 4.07. The first-order valence-corrected chi connectivity index (χ1v) is 12.1. The average Bonchev–Trinajstić information content (AvgIpc) is 2.63. The second kappa shape index (κ2) is 8.14. The molecule has 0 aliphatic rings. The van der Waals surface area contributed by atoms with E-state index in [1.165, 1.54) is 19.2 Å². The Morgan fingerprint density at radius 3 is 2.24 bits per heavy atom. The molecular formula is C18H16Cl2NO6PS. The lowest BCUT2D eigenvalue weighted by molar-refractivity contribution is 0.373. The van der Waals surface area contributed by atoms with Gasteiger partial charge in [-0.15, -0.1) is 0 Å². The average molecular weight is 476 g/mol. The van der Waals surface area contributed by atoms with Gasteiger partial charge in [-0.1, -0.05) is 53.5 Å². The van der Waals surface area contributed by atoms with E-state index in [-0.39, 0.29) is 26.4 Å². The molecule has 0 saturated heterocycles. The fourth-order valence-corrected chi connectivity index (χ4v) is 6.32. The molecule has 0 fully saturated rings. The van der Waals surface area contributed by atoms with Crippen LogP contribution in [0.3, 0.4) is 0 Å². The van der Waals surface area contributed by atoms with Gasteiger partial charge < -0.3 is 14.5 Å². The Labute approximate surface area is 177 Å². The summed E-state index contributed by atoms with van der Waals surface area (Å²) < 4.78 is 44.7. The van der Waals surface area contributed by atoms with Gasteiger partial charge in [0.1, 0.15) is 17.7 Å². The van der Waals surface area contributed by atoms with Gasteiger partial charge in [-0.3, -0.25) is 4.57 Å². The molecule has 3 aromatic carbocycles. The Bertz CT molecular complexity index is 1210. The predicted molar refractivity (Wildman–Crippen MR) is 114 cm³/mol. The van der Waals surface area contributed by atoms with Crippen LogP contribution >= 0.6 is 30.8 Å². The molecular weight excluding hydrogens is 460 g/mol. The van der Waals surface area contributed by atoms with Crippen LogP contribution in [-0.2, 0) is 14.6 Å². The lowest BCUT2D eigenvalue weighted by Crippen LogP contribution is -2.32. The van der Waals surface area contributed by atoms with Crippen molar-refractivity contribution < 1.29 is 27.5 Å². The summed E-state index contributed by atoms with van der Waals surface area (Å²) >= 11 is 11.9. The molecule has 0 saturated carbocycles. The summed E-state index contributed by atoms with van der Waals surface area (Å²) in [4.78, 5) is 18.9. The second-order valence-electron chi connectivity index (χ2n) is 6.10. The minimum absolute atomic E-state index is 0.00465. The van der Waals surface area contributed by atoms with Crippen molar-refractivity contribution in [1.82, 2.24) is 0 Å². The van der Waals surface area contributed by atoms with Crippen LogP contribution < -0.4 is 9.04 Å².